The SMILES string of the molecule is CCC(CC)(C(N)c1ccccc1OCCOC)N(C)C. The maximum Gasteiger partial charge on any atom is 0.124 e. The molecule has 0 aliphatic heterocycles. The summed E-state index contributed by atoms with van der Waals surface area (Å²) in [6.07, 6.45) is 1.98. The number of benzene rings is 1. The second-order valence-corrected chi connectivity index (χ2v) is 5.56. The summed E-state index contributed by atoms with van der Waals surface area (Å²) in [6, 6.07) is 7.95. The lowest BCUT2D eigenvalue weighted by atomic mass is 9.80. The molecule has 1 rings (SSSR count). The first-order valence-corrected chi connectivity index (χ1v) is 7.67. The summed E-state index contributed by atoms with van der Waals surface area (Å²) in [5, 5.41) is 0. The number of methoxy groups -OCH3 is 1. The zero-order valence-electron chi connectivity index (χ0n) is 14.1. The van der Waals surface area contributed by atoms with Crippen LogP contribution >= 0.6 is 0 Å². The second-order valence-electron chi connectivity index (χ2n) is 5.56. The van der Waals surface area contributed by atoms with Gasteiger partial charge >= 0.3 is 0 Å². The number of likely N-dealkylation sites (N-methyl/N-ethyl adjacent to an activating group) is 1. The van der Waals surface area contributed by atoms with Crippen molar-refractivity contribution in [1.29, 1.82) is 0 Å². The van der Waals surface area contributed by atoms with E-state index in [1.165, 1.54) is 0 Å². The molecule has 0 fully saturated rings. The van der Waals surface area contributed by atoms with Gasteiger partial charge in [0.2, 0.25) is 0 Å². The second kappa shape index (κ2) is 8.37. The van der Waals surface area contributed by atoms with Gasteiger partial charge in [0.1, 0.15) is 12.4 Å². The van der Waals surface area contributed by atoms with Crippen LogP contribution in [0, 0.1) is 0 Å². The van der Waals surface area contributed by atoms with Crippen LogP contribution in [0.15, 0.2) is 24.3 Å². The van der Waals surface area contributed by atoms with Crippen molar-refractivity contribution in [3.05, 3.63) is 29.8 Å². The third-order valence-electron chi connectivity index (χ3n) is 4.49. The van der Waals surface area contributed by atoms with E-state index in [1.54, 1.807) is 7.11 Å². The van der Waals surface area contributed by atoms with E-state index in [2.05, 4.69) is 38.9 Å². The van der Waals surface area contributed by atoms with Crippen molar-refractivity contribution in [2.24, 2.45) is 5.73 Å². The molecular formula is C17H30N2O2. The molecule has 0 bridgehead atoms. The molecule has 0 aliphatic rings. The molecule has 1 aromatic rings. The van der Waals surface area contributed by atoms with Crippen molar-refractivity contribution in [2.45, 2.75) is 38.3 Å². The third kappa shape index (κ3) is 3.96. The average molecular weight is 294 g/mol. The highest BCUT2D eigenvalue weighted by molar-refractivity contribution is 5.37. The summed E-state index contributed by atoms with van der Waals surface area (Å²) in [5.41, 5.74) is 7.64. The van der Waals surface area contributed by atoms with Crippen LogP contribution in [0.5, 0.6) is 5.75 Å². The summed E-state index contributed by atoms with van der Waals surface area (Å²) in [5.74, 6) is 0.857. The van der Waals surface area contributed by atoms with Crippen molar-refractivity contribution in [3.63, 3.8) is 0 Å². The quantitative estimate of drug-likeness (QED) is 0.712. The van der Waals surface area contributed by atoms with E-state index >= 15 is 0 Å². The van der Waals surface area contributed by atoms with E-state index < -0.39 is 0 Å². The van der Waals surface area contributed by atoms with E-state index in [0.717, 1.165) is 24.2 Å². The molecule has 21 heavy (non-hydrogen) atoms. The fourth-order valence-electron chi connectivity index (χ4n) is 2.99. The predicted octanol–water partition coefficient (Wildman–Crippen LogP) is 2.83. The summed E-state index contributed by atoms with van der Waals surface area (Å²) in [6.45, 7) is 5.49. The molecular weight excluding hydrogens is 264 g/mol. The van der Waals surface area contributed by atoms with Gasteiger partial charge in [-0.1, -0.05) is 32.0 Å². The Morgan fingerprint density at radius 1 is 1.14 bits per heavy atom. The van der Waals surface area contributed by atoms with Crippen molar-refractivity contribution in [3.8, 4) is 5.75 Å². The molecule has 0 saturated carbocycles. The van der Waals surface area contributed by atoms with E-state index in [4.69, 9.17) is 15.2 Å². The maximum absolute atomic E-state index is 6.65. The largest absolute Gasteiger partial charge is 0.491 e. The topological polar surface area (TPSA) is 47.7 Å². The molecule has 1 unspecified atom stereocenters. The Morgan fingerprint density at radius 3 is 2.29 bits per heavy atom. The van der Waals surface area contributed by atoms with Crippen LogP contribution in [0.1, 0.15) is 38.3 Å². The summed E-state index contributed by atoms with van der Waals surface area (Å²) in [4.78, 5) is 2.24. The maximum atomic E-state index is 6.65. The number of ether oxygens (including phenoxy) is 2. The van der Waals surface area contributed by atoms with E-state index in [1.807, 2.05) is 18.2 Å². The molecule has 120 valence electrons. The molecule has 0 amide bonds. The van der Waals surface area contributed by atoms with Gasteiger partial charge in [-0.2, -0.15) is 0 Å². The van der Waals surface area contributed by atoms with Crippen LogP contribution in [0.4, 0.5) is 0 Å². The average Bonchev–Trinajstić information content (AvgIpc) is 2.49. The van der Waals surface area contributed by atoms with Gasteiger partial charge in [0, 0.05) is 18.2 Å². The lowest BCUT2D eigenvalue weighted by molar-refractivity contribution is 0.102. The van der Waals surface area contributed by atoms with Gasteiger partial charge < -0.3 is 20.1 Å². The molecule has 4 heteroatoms. The molecule has 0 radical (unpaired) electrons. The smallest absolute Gasteiger partial charge is 0.124 e. The van der Waals surface area contributed by atoms with Crippen LogP contribution in [0.3, 0.4) is 0 Å². The highest BCUT2D eigenvalue weighted by Crippen LogP contribution is 2.37. The van der Waals surface area contributed by atoms with Crippen molar-refractivity contribution in [1.82, 2.24) is 4.90 Å². The lowest BCUT2D eigenvalue weighted by Crippen LogP contribution is -2.51. The fraction of sp³-hybridized carbons (Fsp3) is 0.647. The Hall–Kier alpha value is -1.10. The Kier molecular flexibility index (Phi) is 7.15. The van der Waals surface area contributed by atoms with Crippen LogP contribution in [0.25, 0.3) is 0 Å². The Morgan fingerprint density at radius 2 is 1.76 bits per heavy atom. The van der Waals surface area contributed by atoms with Gasteiger partial charge in [-0.25, -0.2) is 0 Å². The molecule has 0 saturated heterocycles. The number of hydrogen-bond acceptors (Lipinski definition) is 4. The van der Waals surface area contributed by atoms with Crippen molar-refractivity contribution >= 4 is 0 Å². The van der Waals surface area contributed by atoms with Gasteiger partial charge in [-0.3, -0.25) is 0 Å². The van der Waals surface area contributed by atoms with E-state index in [0.29, 0.717) is 13.2 Å². The van der Waals surface area contributed by atoms with Gasteiger partial charge in [-0.15, -0.1) is 0 Å². The molecule has 1 atom stereocenters. The summed E-state index contributed by atoms with van der Waals surface area (Å²) < 4.78 is 10.9. The minimum Gasteiger partial charge on any atom is -0.491 e. The van der Waals surface area contributed by atoms with Crippen LogP contribution in [0.2, 0.25) is 0 Å². The Bertz CT molecular complexity index is 417. The minimum atomic E-state index is -0.0961. The Balaban J connectivity index is 3.07. The van der Waals surface area contributed by atoms with Crippen molar-refractivity contribution < 1.29 is 9.47 Å². The van der Waals surface area contributed by atoms with E-state index in [-0.39, 0.29) is 11.6 Å². The number of rotatable bonds is 9. The predicted molar refractivity (Wildman–Crippen MR) is 87.7 cm³/mol. The fourth-order valence-corrected chi connectivity index (χ4v) is 2.99. The first-order chi connectivity index (χ1) is 10.0. The summed E-state index contributed by atoms with van der Waals surface area (Å²) >= 11 is 0. The molecule has 0 heterocycles. The van der Waals surface area contributed by atoms with Gasteiger partial charge in [-0.05, 0) is 33.0 Å². The highest BCUT2D eigenvalue weighted by Gasteiger charge is 2.37. The first-order valence-electron chi connectivity index (χ1n) is 7.67. The van der Waals surface area contributed by atoms with E-state index in [9.17, 15) is 0 Å². The molecule has 2 N–H and O–H groups in total. The highest BCUT2D eigenvalue weighted by atomic mass is 16.5. The Labute approximate surface area is 129 Å². The number of nitrogens with zero attached hydrogens (tertiary/aromatic N) is 1. The van der Waals surface area contributed by atoms with Crippen LogP contribution in [-0.2, 0) is 4.74 Å². The monoisotopic (exact) mass is 294 g/mol. The third-order valence-corrected chi connectivity index (χ3v) is 4.49. The molecule has 4 nitrogen and oxygen atoms in total. The van der Waals surface area contributed by atoms with Crippen LogP contribution in [-0.4, -0.2) is 44.9 Å². The normalized spacial score (nSPS) is 13.5. The number of nitrogens with two attached hydrogens (primary N) is 1. The number of hydrogen-bond donors (Lipinski definition) is 1. The zero-order valence-corrected chi connectivity index (χ0v) is 14.1. The van der Waals surface area contributed by atoms with Crippen LogP contribution < -0.4 is 10.5 Å². The summed E-state index contributed by atoms with van der Waals surface area (Å²) in [7, 11) is 5.87. The molecule has 0 spiro atoms. The van der Waals surface area contributed by atoms with Gasteiger partial charge in [0.05, 0.1) is 12.6 Å². The van der Waals surface area contributed by atoms with Gasteiger partial charge in [0.15, 0.2) is 0 Å². The minimum absolute atomic E-state index is 0.0687. The first kappa shape index (κ1) is 18.0. The van der Waals surface area contributed by atoms with Gasteiger partial charge in [0.25, 0.3) is 0 Å². The molecule has 0 aromatic heterocycles. The molecule has 1 aromatic carbocycles. The van der Waals surface area contributed by atoms with Crippen molar-refractivity contribution in [2.75, 3.05) is 34.4 Å². The number of para-hydroxylation sites is 1. The lowest BCUT2D eigenvalue weighted by Gasteiger charge is -2.44. The molecule has 0 aliphatic carbocycles. The zero-order chi connectivity index (χ0) is 15.9. The standard InChI is InChI=1S/C17H30N2O2/c1-6-17(7-2,19(3)4)16(18)14-10-8-9-11-15(14)21-13-12-20-5/h8-11,16H,6-7,12-13,18H2,1-5H3.